The summed E-state index contributed by atoms with van der Waals surface area (Å²) in [6.07, 6.45) is 0.687. The molecule has 0 aromatic heterocycles. The Morgan fingerprint density at radius 3 is 2.63 bits per heavy atom. The highest BCUT2D eigenvalue weighted by Crippen LogP contribution is 2.34. The van der Waals surface area contributed by atoms with Crippen molar-refractivity contribution in [2.75, 3.05) is 11.1 Å². The molecule has 1 unspecified atom stereocenters. The molecular weight excluding hydrogens is 396 g/mol. The van der Waals surface area contributed by atoms with Crippen molar-refractivity contribution in [2.24, 2.45) is 15.9 Å². The lowest BCUT2D eigenvalue weighted by Crippen LogP contribution is -2.41. The maximum Gasteiger partial charge on any atom is 0.259 e. The first-order valence-corrected chi connectivity index (χ1v) is 11.0. The lowest BCUT2D eigenvalue weighted by Gasteiger charge is -2.25. The third kappa shape index (κ3) is 4.16. The number of para-hydroxylation sites is 1. The third-order valence-corrected chi connectivity index (χ3v) is 5.85. The number of fused-ring (bicyclic) bond motifs is 3. The number of aliphatic imine (C=N–C) groups is 2. The Morgan fingerprint density at radius 2 is 1.90 bits per heavy atom. The third-order valence-electron chi connectivity index (χ3n) is 4.91. The molecule has 1 N–H and O–H groups in total. The van der Waals surface area contributed by atoms with Crippen LogP contribution in [0, 0.1) is 12.8 Å². The molecule has 154 valence electrons. The molecule has 4 rings (SSSR count). The van der Waals surface area contributed by atoms with Gasteiger partial charge >= 0.3 is 0 Å². The Bertz CT molecular complexity index is 1040. The van der Waals surface area contributed by atoms with Crippen LogP contribution in [0.1, 0.15) is 31.4 Å². The Labute approximate surface area is 180 Å². The summed E-state index contributed by atoms with van der Waals surface area (Å²) in [4.78, 5) is 36.5. The number of nitrogens with one attached hydrogen (secondary N) is 1. The molecule has 7 heteroatoms. The maximum absolute atomic E-state index is 13.1. The molecule has 2 aromatic carbocycles. The zero-order valence-electron chi connectivity index (χ0n) is 17.3. The average Bonchev–Trinajstić information content (AvgIpc) is 3.04. The van der Waals surface area contributed by atoms with E-state index in [-0.39, 0.29) is 17.6 Å². The van der Waals surface area contributed by atoms with E-state index in [4.69, 9.17) is 4.99 Å². The summed E-state index contributed by atoms with van der Waals surface area (Å²) < 4.78 is 0. The summed E-state index contributed by atoms with van der Waals surface area (Å²) in [6.45, 7) is 6.16. The molecular formula is C23H24N4O2S. The molecule has 0 saturated heterocycles. The summed E-state index contributed by atoms with van der Waals surface area (Å²) in [7, 11) is 0. The number of amidine groups is 2. The molecule has 0 fully saturated rings. The second kappa shape index (κ2) is 8.44. The smallest absolute Gasteiger partial charge is 0.259 e. The van der Waals surface area contributed by atoms with Crippen molar-refractivity contribution >= 4 is 46.0 Å². The lowest BCUT2D eigenvalue weighted by atomic mass is 10.0. The van der Waals surface area contributed by atoms with Crippen molar-refractivity contribution in [3.8, 4) is 0 Å². The number of nitrogens with zero attached hydrogens (tertiary/aromatic N) is 3. The highest BCUT2D eigenvalue weighted by Gasteiger charge is 2.41. The van der Waals surface area contributed by atoms with Gasteiger partial charge in [0.2, 0.25) is 5.91 Å². The minimum absolute atomic E-state index is 0.0709. The van der Waals surface area contributed by atoms with Gasteiger partial charge in [-0.1, -0.05) is 55.4 Å². The van der Waals surface area contributed by atoms with E-state index in [1.165, 1.54) is 11.8 Å². The standard InChI is InChI=1S/C23H24N4O2S/c1-14(2)12-19-22(29)27-21(25-19)17-6-4-5-7-18(17)26-23(27)30-13-20(28)24-16-10-8-15(3)9-11-16/h4-11,14,19H,12-13H2,1-3H3,(H,24,28). The number of anilines is 1. The fourth-order valence-electron chi connectivity index (χ4n) is 3.46. The predicted octanol–water partition coefficient (Wildman–Crippen LogP) is 4.37. The van der Waals surface area contributed by atoms with Crippen molar-refractivity contribution in [1.82, 2.24) is 4.90 Å². The molecule has 0 radical (unpaired) electrons. The van der Waals surface area contributed by atoms with Gasteiger partial charge in [0.25, 0.3) is 5.91 Å². The first-order valence-electron chi connectivity index (χ1n) is 10.0. The first kappa shape index (κ1) is 20.3. The number of hydrogen-bond donors (Lipinski definition) is 1. The Morgan fingerprint density at radius 1 is 1.17 bits per heavy atom. The van der Waals surface area contributed by atoms with Gasteiger partial charge in [-0.2, -0.15) is 0 Å². The van der Waals surface area contributed by atoms with Gasteiger partial charge in [-0.05, 0) is 43.5 Å². The number of thioether (sulfide) groups is 1. The van der Waals surface area contributed by atoms with Crippen molar-refractivity contribution in [2.45, 2.75) is 33.2 Å². The van der Waals surface area contributed by atoms with Crippen LogP contribution in [0.3, 0.4) is 0 Å². The molecule has 0 spiro atoms. The minimum Gasteiger partial charge on any atom is -0.325 e. The van der Waals surface area contributed by atoms with Crippen LogP contribution < -0.4 is 5.32 Å². The van der Waals surface area contributed by atoms with Crippen molar-refractivity contribution in [1.29, 1.82) is 0 Å². The van der Waals surface area contributed by atoms with E-state index in [1.54, 1.807) is 4.90 Å². The Balaban J connectivity index is 1.53. The highest BCUT2D eigenvalue weighted by molar-refractivity contribution is 8.14. The first-order chi connectivity index (χ1) is 14.4. The Kier molecular flexibility index (Phi) is 5.72. The molecule has 2 heterocycles. The van der Waals surface area contributed by atoms with E-state index < -0.39 is 6.04 Å². The number of aryl methyl sites for hydroxylation is 1. The van der Waals surface area contributed by atoms with E-state index in [0.717, 1.165) is 22.5 Å². The minimum atomic E-state index is -0.404. The number of amides is 2. The van der Waals surface area contributed by atoms with Gasteiger partial charge in [0, 0.05) is 11.3 Å². The molecule has 0 aliphatic carbocycles. The maximum atomic E-state index is 13.1. The van der Waals surface area contributed by atoms with Gasteiger partial charge in [0.1, 0.15) is 11.9 Å². The molecule has 2 amide bonds. The van der Waals surface area contributed by atoms with Crippen LogP contribution in [0.4, 0.5) is 11.4 Å². The number of carbonyl (C=O) groups excluding carboxylic acids is 2. The number of benzene rings is 2. The molecule has 0 saturated carbocycles. The van der Waals surface area contributed by atoms with Crippen LogP contribution in [-0.2, 0) is 9.59 Å². The van der Waals surface area contributed by atoms with Crippen LogP contribution in [0.2, 0.25) is 0 Å². The van der Waals surface area contributed by atoms with E-state index in [1.807, 2.05) is 55.5 Å². The number of carbonyl (C=O) groups is 2. The monoisotopic (exact) mass is 420 g/mol. The fraction of sp³-hybridized carbons (Fsp3) is 0.304. The molecule has 6 nitrogen and oxygen atoms in total. The van der Waals surface area contributed by atoms with E-state index in [2.05, 4.69) is 24.2 Å². The number of rotatable bonds is 5. The summed E-state index contributed by atoms with van der Waals surface area (Å²) >= 11 is 1.25. The van der Waals surface area contributed by atoms with Gasteiger partial charge in [0.05, 0.1) is 11.4 Å². The SMILES string of the molecule is Cc1ccc(NC(=O)CSC2=Nc3ccccc3C3=NC(CC(C)C)C(=O)N23)cc1. The van der Waals surface area contributed by atoms with Crippen molar-refractivity contribution in [3.05, 3.63) is 59.7 Å². The van der Waals surface area contributed by atoms with Gasteiger partial charge in [-0.3, -0.25) is 14.6 Å². The quantitative estimate of drug-likeness (QED) is 0.780. The topological polar surface area (TPSA) is 74.1 Å². The van der Waals surface area contributed by atoms with Crippen molar-refractivity contribution < 1.29 is 9.59 Å². The summed E-state index contributed by atoms with van der Waals surface area (Å²) in [5.74, 6) is 0.930. The largest absolute Gasteiger partial charge is 0.325 e. The lowest BCUT2D eigenvalue weighted by molar-refractivity contribution is -0.125. The zero-order valence-corrected chi connectivity index (χ0v) is 18.1. The van der Waals surface area contributed by atoms with Gasteiger partial charge in [-0.15, -0.1) is 0 Å². The van der Waals surface area contributed by atoms with Crippen LogP contribution in [0.15, 0.2) is 58.5 Å². The molecule has 2 aromatic rings. The van der Waals surface area contributed by atoms with Crippen LogP contribution >= 0.6 is 11.8 Å². The molecule has 2 aliphatic heterocycles. The zero-order chi connectivity index (χ0) is 21.3. The van der Waals surface area contributed by atoms with E-state index in [9.17, 15) is 9.59 Å². The normalized spacial score (nSPS) is 17.4. The van der Waals surface area contributed by atoms with Crippen LogP contribution in [-0.4, -0.2) is 39.5 Å². The Hall–Kier alpha value is -2.93. The van der Waals surface area contributed by atoms with Gasteiger partial charge in [-0.25, -0.2) is 9.89 Å². The summed E-state index contributed by atoms with van der Waals surface area (Å²) in [5.41, 5.74) is 3.50. The highest BCUT2D eigenvalue weighted by atomic mass is 32.2. The number of hydrogen-bond acceptors (Lipinski definition) is 5. The van der Waals surface area contributed by atoms with Crippen LogP contribution in [0.25, 0.3) is 0 Å². The predicted molar refractivity (Wildman–Crippen MR) is 122 cm³/mol. The molecule has 2 aliphatic rings. The molecule has 30 heavy (non-hydrogen) atoms. The van der Waals surface area contributed by atoms with E-state index in [0.29, 0.717) is 23.3 Å². The van der Waals surface area contributed by atoms with Gasteiger partial charge in [0.15, 0.2) is 5.17 Å². The molecule has 0 bridgehead atoms. The van der Waals surface area contributed by atoms with E-state index >= 15 is 0 Å². The van der Waals surface area contributed by atoms with Crippen LogP contribution in [0.5, 0.6) is 0 Å². The second-order valence-corrected chi connectivity index (χ2v) is 8.83. The van der Waals surface area contributed by atoms with Crippen molar-refractivity contribution in [3.63, 3.8) is 0 Å². The average molecular weight is 421 g/mol. The van der Waals surface area contributed by atoms with Gasteiger partial charge < -0.3 is 5.32 Å². The summed E-state index contributed by atoms with van der Waals surface area (Å²) in [5, 5.41) is 3.39. The second-order valence-electron chi connectivity index (χ2n) is 7.89. The summed E-state index contributed by atoms with van der Waals surface area (Å²) in [6, 6.07) is 14.9. The fourth-order valence-corrected chi connectivity index (χ4v) is 4.26. The molecule has 1 atom stereocenters.